The molecule has 41 heavy (non-hydrogen) atoms. The summed E-state index contributed by atoms with van der Waals surface area (Å²) in [4.78, 5) is 28.4. The number of nitrogens with zero attached hydrogens (tertiary/aromatic N) is 2. The smallest absolute Gasteiger partial charge is 0.381 e. The average molecular weight is 609 g/mol. The number of alkyl halides is 3. The van der Waals surface area contributed by atoms with E-state index in [-0.39, 0.29) is 81.6 Å². The largest absolute Gasteiger partial charge is 0.417 e. The zero-order valence-electron chi connectivity index (χ0n) is 22.7. The van der Waals surface area contributed by atoms with Crippen molar-refractivity contribution in [3.05, 3.63) is 46.4 Å². The van der Waals surface area contributed by atoms with E-state index < -0.39 is 17.6 Å². The first-order chi connectivity index (χ1) is 19.3. The second kappa shape index (κ2) is 11.9. The Bertz CT molecular complexity index is 1400. The van der Waals surface area contributed by atoms with Gasteiger partial charge >= 0.3 is 6.18 Å². The molecule has 2 amide bonds. The lowest BCUT2D eigenvalue weighted by Crippen LogP contribution is -2.59. The molecule has 0 bridgehead atoms. The number of ether oxygens (including phenoxy) is 1. The number of hydrogen-bond donors (Lipinski definition) is 4. The maximum absolute atomic E-state index is 14.8. The van der Waals surface area contributed by atoms with Crippen LogP contribution in [0.1, 0.15) is 40.9 Å². The van der Waals surface area contributed by atoms with Gasteiger partial charge in [-0.1, -0.05) is 6.58 Å². The van der Waals surface area contributed by atoms with E-state index in [2.05, 4.69) is 11.9 Å². The molecule has 1 aromatic heterocycles. The first kappa shape index (κ1) is 30.6. The van der Waals surface area contributed by atoms with Gasteiger partial charge in [-0.2, -0.15) is 13.2 Å². The summed E-state index contributed by atoms with van der Waals surface area (Å²) in [7, 11) is 1.52. The monoisotopic (exact) mass is 608 g/mol. The van der Waals surface area contributed by atoms with Gasteiger partial charge in [0.05, 0.1) is 22.9 Å². The van der Waals surface area contributed by atoms with E-state index >= 15 is 0 Å². The Balaban J connectivity index is 1.94. The minimum Gasteiger partial charge on any atom is -0.381 e. The Labute approximate surface area is 243 Å². The van der Waals surface area contributed by atoms with Crippen LogP contribution in [0.15, 0.2) is 29.0 Å². The number of thioether (sulfide) groups is 1. The molecular weight excluding hydrogens is 577 g/mol. The van der Waals surface area contributed by atoms with Crippen LogP contribution in [-0.4, -0.2) is 84.3 Å². The highest BCUT2D eigenvalue weighted by Crippen LogP contribution is 2.51. The number of rotatable bonds is 6. The molecule has 1 saturated heterocycles. The number of halogens is 3. The molecule has 4 rings (SSSR count). The minimum absolute atomic E-state index is 0.0154. The lowest BCUT2D eigenvalue weighted by Gasteiger charge is -2.45. The number of benzene rings is 1. The SMILES string of the molecule is C=CC(=O)N1[C@H](C)CN(C(=N)c2cc(C(F)(F)F)c(-c3scc(C=N)c3C(N)=O)c3c2NCC(OC)CS3)C[C@@H]1C. The predicted molar refractivity (Wildman–Crippen MR) is 156 cm³/mol. The number of amides is 2. The normalized spacial score (nSPS) is 21.0. The van der Waals surface area contributed by atoms with Gasteiger partial charge in [0.25, 0.3) is 5.91 Å². The Hall–Kier alpha value is -3.36. The fourth-order valence-corrected chi connectivity index (χ4v) is 7.80. The minimum atomic E-state index is -4.84. The summed E-state index contributed by atoms with van der Waals surface area (Å²) in [6, 6.07) is 0.324. The third kappa shape index (κ3) is 5.72. The van der Waals surface area contributed by atoms with Crippen molar-refractivity contribution in [2.24, 2.45) is 5.73 Å². The van der Waals surface area contributed by atoms with Crippen molar-refractivity contribution in [1.82, 2.24) is 9.80 Å². The first-order valence-corrected chi connectivity index (χ1v) is 14.6. The highest BCUT2D eigenvalue weighted by Gasteiger charge is 2.41. The van der Waals surface area contributed by atoms with Crippen LogP contribution >= 0.6 is 23.1 Å². The quantitative estimate of drug-likeness (QED) is 0.217. The number of nitrogens with two attached hydrogens (primary N) is 1. The lowest BCUT2D eigenvalue weighted by molar-refractivity contribution is -0.137. The average Bonchev–Trinajstić information content (AvgIpc) is 3.23. The van der Waals surface area contributed by atoms with Crippen LogP contribution in [0.3, 0.4) is 0 Å². The predicted octanol–water partition coefficient (Wildman–Crippen LogP) is 4.50. The van der Waals surface area contributed by atoms with Gasteiger partial charge in [-0.25, -0.2) is 0 Å². The fourth-order valence-electron chi connectivity index (χ4n) is 5.35. The topological polar surface area (TPSA) is 136 Å². The number of hydrogen-bond acceptors (Lipinski definition) is 8. The summed E-state index contributed by atoms with van der Waals surface area (Å²) in [6.07, 6.45) is -3.06. The number of amidine groups is 1. The molecule has 5 N–H and O–H groups in total. The van der Waals surface area contributed by atoms with Crippen LogP contribution in [0.25, 0.3) is 10.4 Å². The number of anilines is 1. The second-order valence-corrected chi connectivity index (χ2v) is 11.8. The molecule has 2 aliphatic heterocycles. The molecule has 0 aliphatic carbocycles. The van der Waals surface area contributed by atoms with Crippen molar-refractivity contribution < 1.29 is 27.5 Å². The number of nitrogens with one attached hydrogen (secondary N) is 3. The van der Waals surface area contributed by atoms with Crippen molar-refractivity contribution in [2.75, 3.05) is 37.8 Å². The number of carbonyl (C=O) groups excluding carboxylic acids is 2. The number of thiophene rings is 1. The van der Waals surface area contributed by atoms with E-state index in [9.17, 15) is 22.8 Å². The molecule has 9 nitrogen and oxygen atoms in total. The summed E-state index contributed by atoms with van der Waals surface area (Å²) in [6.45, 7) is 7.97. The van der Waals surface area contributed by atoms with Gasteiger partial charge in [0, 0.05) is 82.6 Å². The number of carbonyl (C=O) groups is 2. The summed E-state index contributed by atoms with van der Waals surface area (Å²) in [5.41, 5.74) is 4.72. The summed E-state index contributed by atoms with van der Waals surface area (Å²) < 4.78 is 49.9. The van der Waals surface area contributed by atoms with Crippen LogP contribution in [-0.2, 0) is 15.7 Å². The van der Waals surface area contributed by atoms with Gasteiger partial charge < -0.3 is 31.0 Å². The fraction of sp³-hybridized carbons (Fsp3) is 0.407. The number of primary amides is 1. The zero-order chi connectivity index (χ0) is 30.2. The summed E-state index contributed by atoms with van der Waals surface area (Å²) in [5.74, 6) is -0.978. The Kier molecular flexibility index (Phi) is 8.85. The molecule has 1 aromatic carbocycles. The van der Waals surface area contributed by atoms with Crippen LogP contribution < -0.4 is 11.1 Å². The molecule has 0 saturated carbocycles. The van der Waals surface area contributed by atoms with Crippen molar-refractivity contribution in [1.29, 1.82) is 10.8 Å². The molecule has 2 aliphatic rings. The maximum atomic E-state index is 14.8. The van der Waals surface area contributed by atoms with Crippen LogP contribution in [0, 0.1) is 10.8 Å². The Morgan fingerprint density at radius 1 is 1.27 bits per heavy atom. The van der Waals surface area contributed by atoms with Crippen molar-refractivity contribution in [2.45, 2.75) is 43.1 Å². The van der Waals surface area contributed by atoms with Gasteiger partial charge in [0.15, 0.2) is 0 Å². The highest BCUT2D eigenvalue weighted by atomic mass is 32.2. The third-order valence-electron chi connectivity index (χ3n) is 7.21. The standard InChI is InChI=1S/C27H31F3N6O3S2/c1-5-19(37)36-13(2)9-35(10-14(36)3)25(32)17-6-18(27(28,29)30)21(23-20(26(33)38)15(7-31)11-40-23)24-22(17)34-8-16(39-4)12-41-24/h5-7,11,13-14,16,31-32,34H,1,8-10,12H2,2-4H3,(H2,33,38)/t13-,14+,16?. The van der Waals surface area contributed by atoms with E-state index in [0.29, 0.717) is 11.4 Å². The molecule has 1 fully saturated rings. The zero-order valence-corrected chi connectivity index (χ0v) is 24.4. The molecule has 1 unspecified atom stereocenters. The van der Waals surface area contributed by atoms with Gasteiger partial charge in [-0.15, -0.1) is 23.1 Å². The van der Waals surface area contributed by atoms with Crippen LogP contribution in [0.5, 0.6) is 0 Å². The number of piperazine rings is 1. The van der Waals surface area contributed by atoms with Gasteiger partial charge in [0.1, 0.15) is 5.84 Å². The second-order valence-electron chi connectivity index (χ2n) is 9.90. The molecular formula is C27H31F3N6O3S2. The van der Waals surface area contributed by atoms with Gasteiger partial charge in [-0.3, -0.25) is 15.0 Å². The van der Waals surface area contributed by atoms with E-state index in [4.69, 9.17) is 21.3 Å². The van der Waals surface area contributed by atoms with E-state index in [0.717, 1.165) is 35.4 Å². The lowest BCUT2D eigenvalue weighted by atomic mass is 9.95. The summed E-state index contributed by atoms with van der Waals surface area (Å²) in [5, 5.41) is 21.4. The van der Waals surface area contributed by atoms with E-state index in [1.54, 1.807) is 9.80 Å². The molecule has 0 radical (unpaired) electrons. The molecule has 3 heterocycles. The highest BCUT2D eigenvalue weighted by molar-refractivity contribution is 7.99. The Morgan fingerprint density at radius 3 is 2.46 bits per heavy atom. The molecule has 3 atom stereocenters. The van der Waals surface area contributed by atoms with Gasteiger partial charge in [-0.05, 0) is 26.0 Å². The number of fused-ring (bicyclic) bond motifs is 1. The first-order valence-electron chi connectivity index (χ1n) is 12.7. The van der Waals surface area contributed by atoms with E-state index in [1.165, 1.54) is 18.6 Å². The van der Waals surface area contributed by atoms with Crippen molar-refractivity contribution in [3.63, 3.8) is 0 Å². The van der Waals surface area contributed by atoms with Crippen molar-refractivity contribution in [3.8, 4) is 10.4 Å². The molecule has 0 spiro atoms. The molecule has 14 heteroatoms. The molecule has 2 aromatic rings. The van der Waals surface area contributed by atoms with Crippen LogP contribution in [0.2, 0.25) is 0 Å². The maximum Gasteiger partial charge on any atom is 0.417 e. The van der Waals surface area contributed by atoms with Crippen LogP contribution in [0.4, 0.5) is 18.9 Å². The third-order valence-corrected chi connectivity index (χ3v) is 9.46. The van der Waals surface area contributed by atoms with Gasteiger partial charge in [0.2, 0.25) is 5.91 Å². The van der Waals surface area contributed by atoms with Crippen molar-refractivity contribution >= 4 is 52.7 Å². The van der Waals surface area contributed by atoms with E-state index in [1.807, 2.05) is 13.8 Å². The summed E-state index contributed by atoms with van der Waals surface area (Å²) >= 11 is 2.06. The number of methoxy groups -OCH3 is 1. The molecule has 220 valence electrons. The Morgan fingerprint density at radius 2 is 1.93 bits per heavy atom.